The van der Waals surface area contributed by atoms with Gasteiger partial charge in [-0.05, 0) is 93.1 Å². The molecule has 0 aliphatic heterocycles. The van der Waals surface area contributed by atoms with E-state index in [0.29, 0.717) is 17.0 Å². The smallest absolute Gasteiger partial charge is 0.162 e. The lowest BCUT2D eigenvalue weighted by atomic mass is 9.68. The minimum Gasteiger partial charge on any atom is -0.203 e. The van der Waals surface area contributed by atoms with E-state index in [0.717, 1.165) is 24.7 Å². The topological polar surface area (TPSA) is 0 Å². The maximum atomic E-state index is 14.2. The van der Waals surface area contributed by atoms with E-state index in [1.807, 2.05) is 0 Å². The highest BCUT2D eigenvalue weighted by atomic mass is 19.2. The first-order chi connectivity index (χ1) is 11.1. The van der Waals surface area contributed by atoms with Gasteiger partial charge in [-0.3, -0.25) is 0 Å². The van der Waals surface area contributed by atoms with Gasteiger partial charge in [0.05, 0.1) is 0 Å². The SMILES string of the molecule is C=CC1CCC(C2CCC(c3ccc(C)c(F)c3F)CC2)CC1.[HH].[HH]. The summed E-state index contributed by atoms with van der Waals surface area (Å²) in [6.45, 7) is 5.54. The van der Waals surface area contributed by atoms with Gasteiger partial charge in [-0.2, -0.15) is 0 Å². The average Bonchev–Trinajstić information content (AvgIpc) is 2.60. The van der Waals surface area contributed by atoms with Gasteiger partial charge in [0.1, 0.15) is 0 Å². The fourth-order valence-electron chi connectivity index (χ4n) is 4.73. The monoisotopic (exact) mass is 322 g/mol. The summed E-state index contributed by atoms with van der Waals surface area (Å²) in [6, 6.07) is 3.52. The molecule has 2 aliphatic rings. The predicted octanol–water partition coefficient (Wildman–Crippen LogP) is 7.03. The molecule has 0 nitrogen and oxygen atoms in total. The van der Waals surface area contributed by atoms with E-state index in [1.165, 1.54) is 38.5 Å². The molecule has 0 N–H and O–H groups in total. The zero-order chi connectivity index (χ0) is 16.4. The van der Waals surface area contributed by atoms with Gasteiger partial charge in [0.15, 0.2) is 11.6 Å². The lowest BCUT2D eigenvalue weighted by Gasteiger charge is -2.37. The van der Waals surface area contributed by atoms with Crippen LogP contribution in [0.5, 0.6) is 0 Å². The van der Waals surface area contributed by atoms with E-state index in [2.05, 4.69) is 12.7 Å². The van der Waals surface area contributed by atoms with Crippen LogP contribution in [0.4, 0.5) is 8.78 Å². The van der Waals surface area contributed by atoms with Gasteiger partial charge < -0.3 is 0 Å². The molecule has 2 saturated carbocycles. The molecule has 0 aromatic heterocycles. The van der Waals surface area contributed by atoms with Crippen molar-refractivity contribution in [2.45, 2.75) is 64.2 Å². The number of allylic oxidation sites excluding steroid dienone is 1. The molecule has 0 radical (unpaired) electrons. The summed E-state index contributed by atoms with van der Waals surface area (Å²) < 4.78 is 28.0. The molecule has 2 aliphatic carbocycles. The Kier molecular flexibility index (Phi) is 5.18. The van der Waals surface area contributed by atoms with E-state index in [9.17, 15) is 8.78 Å². The lowest BCUT2D eigenvalue weighted by molar-refractivity contribution is 0.170. The molecule has 0 amide bonds. The highest BCUT2D eigenvalue weighted by Gasteiger charge is 2.31. The Balaban J connectivity index is 0.00000156. The van der Waals surface area contributed by atoms with Crippen molar-refractivity contribution >= 4 is 0 Å². The molecular formula is C21H32F2. The van der Waals surface area contributed by atoms with Crippen molar-refractivity contribution in [1.82, 2.24) is 0 Å². The summed E-state index contributed by atoms with van der Waals surface area (Å²) in [5.74, 6) is 1.27. The molecule has 2 fully saturated rings. The first-order valence-electron chi connectivity index (χ1n) is 9.17. The van der Waals surface area contributed by atoms with E-state index >= 15 is 0 Å². The molecule has 0 saturated heterocycles. The third-order valence-electron chi connectivity index (χ3n) is 6.33. The van der Waals surface area contributed by atoms with Gasteiger partial charge in [0.25, 0.3) is 0 Å². The Hall–Kier alpha value is -1.18. The third kappa shape index (κ3) is 3.51. The summed E-state index contributed by atoms with van der Waals surface area (Å²) in [5, 5.41) is 0. The average molecular weight is 322 g/mol. The van der Waals surface area contributed by atoms with Crippen LogP contribution in [-0.2, 0) is 0 Å². The summed E-state index contributed by atoms with van der Waals surface area (Å²) >= 11 is 0. The van der Waals surface area contributed by atoms with E-state index in [1.54, 1.807) is 19.1 Å². The van der Waals surface area contributed by atoms with Crippen molar-refractivity contribution in [3.05, 3.63) is 47.5 Å². The molecule has 1 aromatic carbocycles. The summed E-state index contributed by atoms with van der Waals surface area (Å²) in [7, 11) is 0. The molecule has 23 heavy (non-hydrogen) atoms. The molecule has 2 heteroatoms. The van der Waals surface area contributed by atoms with Crippen LogP contribution in [-0.4, -0.2) is 0 Å². The molecule has 0 atom stereocenters. The summed E-state index contributed by atoms with van der Waals surface area (Å²) in [6.07, 6.45) is 11.7. The first-order valence-corrected chi connectivity index (χ1v) is 9.17. The number of hydrogen-bond acceptors (Lipinski definition) is 0. The molecule has 1 aromatic rings. The molecule has 0 bridgehead atoms. The second kappa shape index (κ2) is 7.15. The lowest BCUT2D eigenvalue weighted by Crippen LogP contribution is -2.25. The van der Waals surface area contributed by atoms with Crippen LogP contribution in [0, 0.1) is 36.3 Å². The van der Waals surface area contributed by atoms with Gasteiger partial charge in [-0.15, -0.1) is 6.58 Å². The fraction of sp³-hybridized carbons (Fsp3) is 0.619. The number of aryl methyl sites for hydroxylation is 1. The zero-order valence-electron chi connectivity index (χ0n) is 14.2. The van der Waals surface area contributed by atoms with Gasteiger partial charge >= 0.3 is 0 Å². The molecular weight excluding hydrogens is 290 g/mol. The van der Waals surface area contributed by atoms with Crippen LogP contribution >= 0.6 is 0 Å². The van der Waals surface area contributed by atoms with Crippen molar-refractivity contribution in [3.63, 3.8) is 0 Å². The highest BCUT2D eigenvalue weighted by molar-refractivity contribution is 5.28. The van der Waals surface area contributed by atoms with Gasteiger partial charge in [0.2, 0.25) is 0 Å². The van der Waals surface area contributed by atoms with Crippen LogP contribution < -0.4 is 0 Å². The first kappa shape index (κ1) is 16.7. The Labute approximate surface area is 142 Å². The molecule has 130 valence electrons. The quantitative estimate of drug-likeness (QED) is 0.524. The Morgan fingerprint density at radius 3 is 2.04 bits per heavy atom. The highest BCUT2D eigenvalue weighted by Crippen LogP contribution is 2.44. The molecule has 0 spiro atoms. The fourth-order valence-corrected chi connectivity index (χ4v) is 4.73. The van der Waals surface area contributed by atoms with Crippen LogP contribution in [0.1, 0.15) is 71.3 Å². The second-order valence-corrected chi connectivity index (χ2v) is 7.62. The largest absolute Gasteiger partial charge is 0.203 e. The standard InChI is InChI=1S/C21H28F2.2H2/c1-3-15-5-7-16(8-6-15)17-9-11-18(12-10-17)19-13-4-14(2)20(22)21(19)23;;/h3-4,13,15-18H,1,5-12H2,2H3;2*1H. The van der Waals surface area contributed by atoms with Gasteiger partial charge in [-0.25, -0.2) is 8.78 Å². The number of halogens is 2. The molecule has 0 heterocycles. The van der Waals surface area contributed by atoms with E-state index in [-0.39, 0.29) is 8.77 Å². The predicted molar refractivity (Wildman–Crippen MR) is 95.7 cm³/mol. The zero-order valence-corrected chi connectivity index (χ0v) is 14.2. The van der Waals surface area contributed by atoms with Crippen LogP contribution in [0.25, 0.3) is 0 Å². The molecule has 3 rings (SSSR count). The van der Waals surface area contributed by atoms with E-state index < -0.39 is 11.6 Å². The summed E-state index contributed by atoms with van der Waals surface area (Å²) in [5.41, 5.74) is 1.00. The minimum atomic E-state index is -0.660. The van der Waals surface area contributed by atoms with Crippen molar-refractivity contribution in [2.24, 2.45) is 17.8 Å². The van der Waals surface area contributed by atoms with Crippen LogP contribution in [0.15, 0.2) is 24.8 Å². The normalized spacial score (nSPS) is 31.8. The van der Waals surface area contributed by atoms with E-state index in [4.69, 9.17) is 0 Å². The van der Waals surface area contributed by atoms with Crippen LogP contribution in [0.2, 0.25) is 0 Å². The molecule has 0 unspecified atom stereocenters. The number of benzene rings is 1. The Bertz CT molecular complexity index is 557. The van der Waals surface area contributed by atoms with Crippen molar-refractivity contribution in [1.29, 1.82) is 0 Å². The third-order valence-corrected chi connectivity index (χ3v) is 6.33. The number of rotatable bonds is 3. The van der Waals surface area contributed by atoms with Crippen molar-refractivity contribution in [3.8, 4) is 0 Å². The number of hydrogen-bond donors (Lipinski definition) is 0. The van der Waals surface area contributed by atoms with Crippen molar-refractivity contribution < 1.29 is 11.6 Å². The van der Waals surface area contributed by atoms with Crippen molar-refractivity contribution in [2.75, 3.05) is 0 Å². The second-order valence-electron chi connectivity index (χ2n) is 7.62. The van der Waals surface area contributed by atoms with Gasteiger partial charge in [0, 0.05) is 2.85 Å². The van der Waals surface area contributed by atoms with Gasteiger partial charge in [-0.1, -0.05) is 18.2 Å². The summed E-state index contributed by atoms with van der Waals surface area (Å²) in [4.78, 5) is 0. The maximum Gasteiger partial charge on any atom is 0.162 e. The maximum absolute atomic E-state index is 14.2. The minimum absolute atomic E-state index is 0. The van der Waals surface area contributed by atoms with Crippen LogP contribution in [0.3, 0.4) is 0 Å². The Morgan fingerprint density at radius 1 is 0.913 bits per heavy atom. The Morgan fingerprint density at radius 2 is 1.48 bits per heavy atom.